The quantitative estimate of drug-likeness (QED) is 0.741. The van der Waals surface area contributed by atoms with Gasteiger partial charge in [-0.2, -0.15) is 0 Å². The minimum absolute atomic E-state index is 0.0824. The number of ether oxygens (including phenoxy) is 2. The molecule has 0 saturated heterocycles. The second-order valence-corrected chi connectivity index (χ2v) is 6.29. The zero-order valence-corrected chi connectivity index (χ0v) is 15.0. The largest absolute Gasteiger partial charge is 0.497 e. The second-order valence-electron chi connectivity index (χ2n) is 6.29. The first-order chi connectivity index (χ1) is 12.1. The molecule has 1 aliphatic carbocycles. The third-order valence-electron chi connectivity index (χ3n) is 4.42. The molecule has 1 fully saturated rings. The van der Waals surface area contributed by atoms with Crippen molar-refractivity contribution in [3.05, 3.63) is 29.8 Å². The Balaban J connectivity index is 2.04. The number of rotatable bonds is 7. The number of amides is 2. The van der Waals surface area contributed by atoms with Gasteiger partial charge >= 0.3 is 12.0 Å². The molecule has 6 nitrogen and oxygen atoms in total. The van der Waals surface area contributed by atoms with Crippen LogP contribution in [0.15, 0.2) is 24.3 Å². The van der Waals surface area contributed by atoms with E-state index in [-0.39, 0.29) is 24.5 Å². The average Bonchev–Trinajstić information content (AvgIpc) is 2.62. The molecule has 1 unspecified atom stereocenters. The van der Waals surface area contributed by atoms with E-state index in [9.17, 15) is 9.59 Å². The number of hydrogen-bond acceptors (Lipinski definition) is 4. The summed E-state index contributed by atoms with van der Waals surface area (Å²) in [5.74, 6) is 0.342. The van der Waals surface area contributed by atoms with E-state index in [0.717, 1.165) is 31.2 Å². The minimum atomic E-state index is -0.460. The van der Waals surface area contributed by atoms with Gasteiger partial charge in [0, 0.05) is 6.04 Å². The number of benzene rings is 1. The van der Waals surface area contributed by atoms with E-state index in [1.807, 2.05) is 24.3 Å². The van der Waals surface area contributed by atoms with Gasteiger partial charge < -0.3 is 20.1 Å². The van der Waals surface area contributed by atoms with Crippen LogP contribution in [0.3, 0.4) is 0 Å². The van der Waals surface area contributed by atoms with Gasteiger partial charge in [0.15, 0.2) is 0 Å². The van der Waals surface area contributed by atoms with Crippen molar-refractivity contribution in [2.24, 2.45) is 0 Å². The molecule has 2 N–H and O–H groups in total. The molecule has 0 heterocycles. The Hall–Kier alpha value is -2.24. The summed E-state index contributed by atoms with van der Waals surface area (Å²) in [5.41, 5.74) is 0.811. The lowest BCUT2D eigenvalue weighted by atomic mass is 9.96. The minimum Gasteiger partial charge on any atom is -0.497 e. The third kappa shape index (κ3) is 6.29. The van der Waals surface area contributed by atoms with Gasteiger partial charge in [0.1, 0.15) is 5.75 Å². The van der Waals surface area contributed by atoms with Gasteiger partial charge in [0.05, 0.1) is 26.2 Å². The van der Waals surface area contributed by atoms with Gasteiger partial charge in [-0.25, -0.2) is 4.79 Å². The SMILES string of the molecule is CCOC(=O)CC(NC(=O)NC1CCCCC1)c1cccc(OC)c1. The van der Waals surface area contributed by atoms with Crippen LogP contribution in [0.4, 0.5) is 4.79 Å². The van der Waals surface area contributed by atoms with Crippen LogP contribution in [0.25, 0.3) is 0 Å². The summed E-state index contributed by atoms with van der Waals surface area (Å²) in [6.45, 7) is 2.08. The summed E-state index contributed by atoms with van der Waals surface area (Å²) >= 11 is 0. The maximum Gasteiger partial charge on any atom is 0.315 e. The zero-order chi connectivity index (χ0) is 18.1. The Morgan fingerprint density at radius 2 is 2.00 bits per heavy atom. The number of hydrogen-bond donors (Lipinski definition) is 2. The van der Waals surface area contributed by atoms with E-state index < -0.39 is 6.04 Å². The number of methoxy groups -OCH3 is 1. The van der Waals surface area contributed by atoms with Crippen LogP contribution in [0.5, 0.6) is 5.75 Å². The standard InChI is InChI=1S/C19H28N2O4/c1-3-25-18(22)13-17(14-8-7-11-16(12-14)24-2)21-19(23)20-15-9-5-4-6-10-15/h7-8,11-12,15,17H,3-6,9-10,13H2,1-2H3,(H2,20,21,23). The van der Waals surface area contributed by atoms with Gasteiger partial charge in [0.2, 0.25) is 0 Å². The van der Waals surface area contributed by atoms with Crippen molar-refractivity contribution in [1.82, 2.24) is 10.6 Å². The first-order valence-electron chi connectivity index (χ1n) is 8.99. The van der Waals surface area contributed by atoms with E-state index in [4.69, 9.17) is 9.47 Å². The predicted octanol–water partition coefficient (Wildman–Crippen LogP) is 3.32. The van der Waals surface area contributed by atoms with Crippen molar-refractivity contribution in [1.29, 1.82) is 0 Å². The first kappa shape index (κ1) is 19.1. The van der Waals surface area contributed by atoms with Crippen molar-refractivity contribution in [3.8, 4) is 5.75 Å². The fraction of sp³-hybridized carbons (Fsp3) is 0.579. The van der Waals surface area contributed by atoms with Crippen LogP contribution in [0, 0.1) is 0 Å². The Morgan fingerprint density at radius 3 is 2.68 bits per heavy atom. The zero-order valence-electron chi connectivity index (χ0n) is 15.0. The summed E-state index contributed by atoms with van der Waals surface area (Å²) in [6, 6.07) is 6.86. The van der Waals surface area contributed by atoms with Crippen molar-refractivity contribution in [2.45, 2.75) is 57.5 Å². The summed E-state index contributed by atoms with van der Waals surface area (Å²) in [6.07, 6.45) is 5.62. The van der Waals surface area contributed by atoms with Crippen LogP contribution < -0.4 is 15.4 Å². The third-order valence-corrected chi connectivity index (χ3v) is 4.42. The van der Waals surface area contributed by atoms with Crippen molar-refractivity contribution in [3.63, 3.8) is 0 Å². The van der Waals surface area contributed by atoms with E-state index in [2.05, 4.69) is 10.6 Å². The summed E-state index contributed by atoms with van der Waals surface area (Å²) in [4.78, 5) is 24.3. The molecular formula is C19H28N2O4. The molecule has 0 aliphatic heterocycles. The van der Waals surface area contributed by atoms with Crippen LogP contribution in [-0.4, -0.2) is 31.8 Å². The molecular weight excluding hydrogens is 320 g/mol. The molecule has 1 aromatic rings. The molecule has 1 saturated carbocycles. The molecule has 2 amide bonds. The molecule has 138 valence electrons. The molecule has 1 atom stereocenters. The maximum atomic E-state index is 12.4. The predicted molar refractivity (Wildman–Crippen MR) is 95.5 cm³/mol. The van der Waals surface area contributed by atoms with Crippen LogP contribution in [0.2, 0.25) is 0 Å². The lowest BCUT2D eigenvalue weighted by Gasteiger charge is -2.25. The number of carbonyl (C=O) groups is 2. The Kier molecular flexibility index (Phi) is 7.57. The molecule has 2 rings (SSSR count). The molecule has 1 aliphatic rings. The number of carbonyl (C=O) groups excluding carboxylic acids is 2. The molecule has 0 aromatic heterocycles. The Morgan fingerprint density at radius 1 is 1.24 bits per heavy atom. The van der Waals surface area contributed by atoms with Gasteiger partial charge in [0.25, 0.3) is 0 Å². The van der Waals surface area contributed by atoms with Crippen molar-refractivity contribution >= 4 is 12.0 Å². The maximum absolute atomic E-state index is 12.4. The smallest absolute Gasteiger partial charge is 0.315 e. The van der Waals surface area contributed by atoms with Crippen molar-refractivity contribution < 1.29 is 19.1 Å². The van der Waals surface area contributed by atoms with E-state index in [1.54, 1.807) is 14.0 Å². The van der Waals surface area contributed by atoms with Crippen molar-refractivity contribution in [2.75, 3.05) is 13.7 Å². The van der Waals surface area contributed by atoms with E-state index >= 15 is 0 Å². The fourth-order valence-corrected chi connectivity index (χ4v) is 3.13. The van der Waals surface area contributed by atoms with Gasteiger partial charge in [-0.3, -0.25) is 4.79 Å². The topological polar surface area (TPSA) is 76.7 Å². The number of urea groups is 1. The fourth-order valence-electron chi connectivity index (χ4n) is 3.13. The highest BCUT2D eigenvalue weighted by molar-refractivity contribution is 5.77. The molecule has 6 heteroatoms. The first-order valence-corrected chi connectivity index (χ1v) is 8.99. The Bertz CT molecular complexity index is 570. The van der Waals surface area contributed by atoms with Gasteiger partial charge in [-0.1, -0.05) is 31.4 Å². The molecule has 25 heavy (non-hydrogen) atoms. The Labute approximate surface area is 149 Å². The second kappa shape index (κ2) is 9.91. The van der Waals surface area contributed by atoms with Crippen LogP contribution in [0.1, 0.15) is 57.1 Å². The lowest BCUT2D eigenvalue weighted by Crippen LogP contribution is -2.44. The highest BCUT2D eigenvalue weighted by Gasteiger charge is 2.22. The average molecular weight is 348 g/mol. The molecule has 0 radical (unpaired) electrons. The summed E-state index contributed by atoms with van der Waals surface area (Å²) in [7, 11) is 1.59. The highest BCUT2D eigenvalue weighted by atomic mass is 16.5. The normalized spacial score (nSPS) is 15.9. The van der Waals surface area contributed by atoms with Crippen LogP contribution in [-0.2, 0) is 9.53 Å². The molecule has 0 spiro atoms. The number of esters is 1. The highest BCUT2D eigenvalue weighted by Crippen LogP contribution is 2.23. The summed E-state index contributed by atoms with van der Waals surface area (Å²) < 4.78 is 10.3. The van der Waals surface area contributed by atoms with E-state index in [1.165, 1.54) is 6.42 Å². The lowest BCUT2D eigenvalue weighted by molar-refractivity contribution is -0.143. The summed E-state index contributed by atoms with van der Waals surface area (Å²) in [5, 5.41) is 5.93. The van der Waals surface area contributed by atoms with Gasteiger partial charge in [-0.15, -0.1) is 0 Å². The molecule has 0 bridgehead atoms. The number of nitrogens with one attached hydrogen (secondary N) is 2. The van der Waals surface area contributed by atoms with Gasteiger partial charge in [-0.05, 0) is 37.5 Å². The van der Waals surface area contributed by atoms with E-state index in [0.29, 0.717) is 12.4 Å². The van der Waals surface area contributed by atoms with Crippen LogP contribution >= 0.6 is 0 Å². The monoisotopic (exact) mass is 348 g/mol. The molecule has 1 aromatic carbocycles.